The molecule has 0 aromatic heterocycles. The fourth-order valence-corrected chi connectivity index (χ4v) is 2.38. The largest absolute Gasteiger partial charge is 0.389 e. The molecule has 0 atom stereocenters. The summed E-state index contributed by atoms with van der Waals surface area (Å²) < 4.78 is 5.64. The number of halogens is 1. The number of rotatable bonds is 7. The van der Waals surface area contributed by atoms with E-state index in [0.29, 0.717) is 18.7 Å². The third kappa shape index (κ3) is 5.14. The number of carbonyl (C=O) groups excluding carboxylic acids is 1. The van der Waals surface area contributed by atoms with Gasteiger partial charge >= 0.3 is 0 Å². The average molecular weight is 346 g/mol. The number of hydrogen-bond acceptors (Lipinski definition) is 4. The molecule has 1 aromatic rings. The molecule has 5 nitrogen and oxygen atoms in total. The third-order valence-electron chi connectivity index (χ3n) is 2.33. The van der Waals surface area contributed by atoms with Crippen molar-refractivity contribution in [2.45, 2.75) is 0 Å². The highest BCUT2D eigenvalue weighted by Crippen LogP contribution is 2.24. The zero-order valence-corrected chi connectivity index (χ0v) is 12.9. The summed E-state index contributed by atoms with van der Waals surface area (Å²) in [6.07, 6.45) is 0. The lowest BCUT2D eigenvalue weighted by molar-refractivity contribution is -0.119. The van der Waals surface area contributed by atoms with Crippen molar-refractivity contribution in [3.05, 3.63) is 28.2 Å². The normalized spacial score (nSPS) is 10.0. The molecule has 0 fully saturated rings. The van der Waals surface area contributed by atoms with E-state index in [1.807, 2.05) is 18.2 Å². The van der Waals surface area contributed by atoms with E-state index in [9.17, 15) is 4.79 Å². The molecule has 0 aliphatic rings. The number of thiocarbonyl (C=S) groups is 1. The van der Waals surface area contributed by atoms with E-state index >= 15 is 0 Å². The van der Waals surface area contributed by atoms with Gasteiger partial charge in [-0.15, -0.1) is 0 Å². The molecule has 0 unspecified atom stereocenters. The Morgan fingerprint density at radius 3 is 2.89 bits per heavy atom. The lowest BCUT2D eigenvalue weighted by atomic mass is 10.2. The van der Waals surface area contributed by atoms with Crippen LogP contribution < -0.4 is 16.4 Å². The smallest absolute Gasteiger partial charge is 0.239 e. The summed E-state index contributed by atoms with van der Waals surface area (Å²) >= 11 is 8.37. The van der Waals surface area contributed by atoms with Gasteiger partial charge in [-0.25, -0.2) is 0 Å². The summed E-state index contributed by atoms with van der Waals surface area (Å²) in [4.78, 5) is 11.8. The Labute approximate surface area is 126 Å². The molecule has 19 heavy (non-hydrogen) atoms. The molecule has 0 spiro atoms. The van der Waals surface area contributed by atoms with Gasteiger partial charge in [-0.05, 0) is 28.1 Å². The van der Waals surface area contributed by atoms with Crippen LogP contribution in [0.4, 0.5) is 5.69 Å². The number of nitrogens with one attached hydrogen (secondary N) is 2. The molecule has 1 rings (SSSR count). The highest BCUT2D eigenvalue weighted by Gasteiger charge is 2.10. The first kappa shape index (κ1) is 15.9. The van der Waals surface area contributed by atoms with Crippen LogP contribution in [-0.4, -0.2) is 37.7 Å². The van der Waals surface area contributed by atoms with Crippen LogP contribution in [0.3, 0.4) is 0 Å². The minimum absolute atomic E-state index is 0.120. The van der Waals surface area contributed by atoms with Crippen LogP contribution in [0.25, 0.3) is 0 Å². The van der Waals surface area contributed by atoms with Crippen LogP contribution in [0, 0.1) is 0 Å². The van der Waals surface area contributed by atoms with Crippen molar-refractivity contribution in [1.82, 2.24) is 5.32 Å². The Morgan fingerprint density at radius 1 is 1.53 bits per heavy atom. The molecular weight excluding hydrogens is 330 g/mol. The molecule has 0 aliphatic carbocycles. The number of nitrogens with two attached hydrogens (primary N) is 1. The second kappa shape index (κ2) is 8.08. The number of anilines is 1. The summed E-state index contributed by atoms with van der Waals surface area (Å²) in [5, 5.41) is 5.73. The monoisotopic (exact) mass is 345 g/mol. The molecule has 104 valence electrons. The van der Waals surface area contributed by atoms with Gasteiger partial charge < -0.3 is 21.1 Å². The van der Waals surface area contributed by atoms with Crippen molar-refractivity contribution in [2.75, 3.05) is 32.1 Å². The summed E-state index contributed by atoms with van der Waals surface area (Å²) in [6, 6.07) is 5.51. The summed E-state index contributed by atoms with van der Waals surface area (Å²) in [5.41, 5.74) is 7.09. The SMILES string of the molecule is COCCNC(=O)CNc1cccc(Br)c1C(N)=S. The summed E-state index contributed by atoms with van der Waals surface area (Å²) in [6.45, 7) is 1.12. The van der Waals surface area contributed by atoms with E-state index in [4.69, 9.17) is 22.7 Å². The lowest BCUT2D eigenvalue weighted by Gasteiger charge is -2.12. The van der Waals surface area contributed by atoms with Gasteiger partial charge in [0.2, 0.25) is 5.91 Å². The van der Waals surface area contributed by atoms with Crippen molar-refractivity contribution >= 4 is 44.7 Å². The first-order valence-corrected chi connectivity index (χ1v) is 6.84. The Bertz CT molecular complexity index is 468. The molecule has 0 radical (unpaired) electrons. The van der Waals surface area contributed by atoms with Gasteiger partial charge in [-0.2, -0.15) is 0 Å². The predicted molar refractivity (Wildman–Crippen MR) is 83.4 cm³/mol. The number of ether oxygens (including phenoxy) is 1. The topological polar surface area (TPSA) is 76.4 Å². The summed E-state index contributed by atoms with van der Waals surface area (Å²) in [7, 11) is 1.58. The quantitative estimate of drug-likeness (QED) is 0.512. The van der Waals surface area contributed by atoms with E-state index in [1.165, 1.54) is 0 Å². The van der Waals surface area contributed by atoms with Gasteiger partial charge in [-0.1, -0.05) is 18.3 Å². The van der Waals surface area contributed by atoms with Crippen molar-refractivity contribution in [1.29, 1.82) is 0 Å². The number of carbonyl (C=O) groups is 1. The van der Waals surface area contributed by atoms with Crippen LogP contribution in [0.2, 0.25) is 0 Å². The number of methoxy groups -OCH3 is 1. The summed E-state index contributed by atoms with van der Waals surface area (Å²) in [5.74, 6) is -0.120. The Hall–Kier alpha value is -1.18. The second-order valence-electron chi connectivity index (χ2n) is 3.72. The minimum atomic E-state index is -0.120. The van der Waals surface area contributed by atoms with Gasteiger partial charge in [0.15, 0.2) is 0 Å². The zero-order valence-electron chi connectivity index (χ0n) is 10.5. The van der Waals surface area contributed by atoms with E-state index in [-0.39, 0.29) is 17.4 Å². The van der Waals surface area contributed by atoms with E-state index in [2.05, 4.69) is 26.6 Å². The van der Waals surface area contributed by atoms with E-state index < -0.39 is 0 Å². The third-order valence-corrected chi connectivity index (χ3v) is 3.19. The van der Waals surface area contributed by atoms with Gasteiger partial charge in [-0.3, -0.25) is 4.79 Å². The Balaban J connectivity index is 2.60. The van der Waals surface area contributed by atoms with Gasteiger partial charge in [0.1, 0.15) is 4.99 Å². The standard InChI is InChI=1S/C12H16BrN3O2S/c1-18-6-5-15-10(17)7-16-9-4-2-3-8(13)11(9)12(14)19/h2-4,16H,5-7H2,1H3,(H2,14,19)(H,15,17). The molecule has 0 saturated carbocycles. The Kier molecular flexibility index (Phi) is 6.75. The van der Waals surface area contributed by atoms with Gasteiger partial charge in [0.05, 0.1) is 13.2 Å². The fraction of sp³-hybridized carbons (Fsp3) is 0.333. The number of amides is 1. The zero-order chi connectivity index (χ0) is 14.3. The van der Waals surface area contributed by atoms with Crippen LogP contribution in [0.1, 0.15) is 5.56 Å². The minimum Gasteiger partial charge on any atom is -0.389 e. The average Bonchev–Trinajstić information content (AvgIpc) is 2.36. The first-order valence-electron chi connectivity index (χ1n) is 5.64. The predicted octanol–water partition coefficient (Wildman–Crippen LogP) is 1.26. The van der Waals surface area contributed by atoms with Crippen molar-refractivity contribution in [3.63, 3.8) is 0 Å². The van der Waals surface area contributed by atoms with Gasteiger partial charge in [0.25, 0.3) is 0 Å². The molecule has 4 N–H and O–H groups in total. The maximum atomic E-state index is 11.6. The molecule has 0 saturated heterocycles. The molecule has 0 heterocycles. The van der Waals surface area contributed by atoms with Crippen LogP contribution >= 0.6 is 28.1 Å². The molecule has 7 heteroatoms. The highest BCUT2D eigenvalue weighted by atomic mass is 79.9. The molecule has 0 aliphatic heterocycles. The molecular formula is C12H16BrN3O2S. The van der Waals surface area contributed by atoms with Crippen LogP contribution in [0.15, 0.2) is 22.7 Å². The highest BCUT2D eigenvalue weighted by molar-refractivity contribution is 9.10. The fourth-order valence-electron chi connectivity index (χ4n) is 1.45. The van der Waals surface area contributed by atoms with E-state index in [1.54, 1.807) is 7.11 Å². The maximum Gasteiger partial charge on any atom is 0.239 e. The van der Waals surface area contributed by atoms with Crippen molar-refractivity contribution < 1.29 is 9.53 Å². The van der Waals surface area contributed by atoms with Crippen LogP contribution in [0.5, 0.6) is 0 Å². The van der Waals surface area contributed by atoms with Crippen molar-refractivity contribution in [2.24, 2.45) is 5.73 Å². The number of benzene rings is 1. The first-order chi connectivity index (χ1) is 9.06. The molecule has 1 aromatic carbocycles. The number of hydrogen-bond donors (Lipinski definition) is 3. The molecule has 1 amide bonds. The lowest BCUT2D eigenvalue weighted by Crippen LogP contribution is -2.32. The van der Waals surface area contributed by atoms with Crippen molar-refractivity contribution in [3.8, 4) is 0 Å². The van der Waals surface area contributed by atoms with E-state index in [0.717, 1.165) is 10.2 Å². The van der Waals surface area contributed by atoms with Gasteiger partial charge in [0, 0.05) is 29.4 Å². The second-order valence-corrected chi connectivity index (χ2v) is 5.02. The maximum absolute atomic E-state index is 11.6. The Morgan fingerprint density at radius 2 is 2.26 bits per heavy atom. The molecule has 0 bridgehead atoms. The van der Waals surface area contributed by atoms with Crippen LogP contribution in [-0.2, 0) is 9.53 Å².